The summed E-state index contributed by atoms with van der Waals surface area (Å²) in [5.41, 5.74) is 0. The first-order valence-corrected chi connectivity index (χ1v) is 0.894. The molecule has 0 aromatic carbocycles. The molecule has 0 bridgehead atoms. The normalized spacial score (nSPS) is 2.00. The number of hydrogen-bond donors (Lipinski definition) is 1. The van der Waals surface area contributed by atoms with Crippen molar-refractivity contribution in [3.63, 3.8) is 0 Å². The van der Waals surface area contributed by atoms with Gasteiger partial charge < -0.3 is 0 Å². The zero-order valence-corrected chi connectivity index (χ0v) is 2.29. The second-order valence-corrected chi connectivity index (χ2v) is 0.300. The van der Waals surface area contributed by atoms with Gasteiger partial charge in [-0.15, -0.1) is 0 Å². The average molecular weight is 75.1 g/mol. The highest BCUT2D eigenvalue weighted by Crippen LogP contribution is 1.46. The standard InChI is InChI=1S/CHNS.CH4/c2-1-3;/h3H;1H4. The lowest BCUT2D eigenvalue weighted by atomic mass is 11.8. The molecule has 0 amide bonds. The summed E-state index contributed by atoms with van der Waals surface area (Å²) in [6, 6.07) is 0. The molecule has 0 unspecified atom stereocenters. The molecule has 0 heterocycles. The van der Waals surface area contributed by atoms with E-state index >= 15 is 0 Å². The molecule has 0 saturated carbocycles. The van der Waals surface area contributed by atoms with E-state index in [1.807, 2.05) is 0 Å². The summed E-state index contributed by atoms with van der Waals surface area (Å²) in [5.74, 6) is 0. The van der Waals surface area contributed by atoms with Gasteiger partial charge in [0.15, 0.2) is 0 Å². The Morgan fingerprint density at radius 1 is 1.75 bits per heavy atom. The zero-order valence-electron chi connectivity index (χ0n) is 1.39. The highest BCUT2D eigenvalue weighted by Gasteiger charge is 1.18. The summed E-state index contributed by atoms with van der Waals surface area (Å²) in [5, 5.41) is 8.63. The lowest BCUT2D eigenvalue weighted by molar-refractivity contribution is 1.57. The maximum absolute atomic E-state index is 7.18. The van der Waals surface area contributed by atoms with Gasteiger partial charge in [-0.1, -0.05) is 20.1 Å². The Bertz CT molecular complexity index is 27.5. The van der Waals surface area contributed by atoms with Gasteiger partial charge in [0, 0.05) is 0 Å². The van der Waals surface area contributed by atoms with E-state index in [9.17, 15) is 0 Å². The summed E-state index contributed by atoms with van der Waals surface area (Å²) in [7, 11) is 0. The molecule has 24 valence electrons. The van der Waals surface area contributed by atoms with Gasteiger partial charge in [-0.25, -0.2) is 0 Å². The van der Waals surface area contributed by atoms with Crippen LogP contribution in [0.1, 0.15) is 7.43 Å². The topological polar surface area (TPSA) is 23.8 Å². The van der Waals surface area contributed by atoms with E-state index in [0.29, 0.717) is 0 Å². The maximum atomic E-state index is 7.18. The molecule has 0 aromatic rings. The molecule has 0 radical (unpaired) electrons. The van der Waals surface area contributed by atoms with Gasteiger partial charge in [-0.2, -0.15) is 5.26 Å². The van der Waals surface area contributed by atoms with Crippen molar-refractivity contribution in [1.29, 1.82) is 5.26 Å². The van der Waals surface area contributed by atoms with Gasteiger partial charge in [0.25, 0.3) is 0 Å². The van der Waals surface area contributed by atoms with Gasteiger partial charge in [0.05, 0.1) is 0 Å². The fourth-order valence-electron chi connectivity index (χ4n) is 0. The van der Waals surface area contributed by atoms with Gasteiger partial charge >= 0.3 is 0 Å². The predicted octanol–water partition coefficient (Wildman–Crippen LogP) is 1.03. The fraction of sp³-hybridized carbons (Fsp3) is 0.500. The van der Waals surface area contributed by atoms with Crippen LogP contribution in [-0.4, -0.2) is 0 Å². The van der Waals surface area contributed by atoms with E-state index in [1.165, 1.54) is 5.40 Å². The molecule has 0 aliphatic rings. The first-order valence-electron chi connectivity index (χ1n) is 0.447. The smallest absolute Gasteiger partial charge is 0.130 e. The van der Waals surface area contributed by atoms with Crippen molar-refractivity contribution >= 4 is 12.6 Å². The third kappa shape index (κ3) is 50.7. The molecule has 0 aromatic heterocycles. The van der Waals surface area contributed by atoms with Crippen LogP contribution in [0, 0.1) is 10.7 Å². The van der Waals surface area contributed by atoms with Crippen molar-refractivity contribution < 1.29 is 0 Å². The minimum Gasteiger partial charge on any atom is -0.185 e. The van der Waals surface area contributed by atoms with E-state index < -0.39 is 0 Å². The third-order valence-electron chi connectivity index (χ3n) is 0. The number of nitriles is 1. The first kappa shape index (κ1) is 9.15. The van der Waals surface area contributed by atoms with Gasteiger partial charge in [-0.3, -0.25) is 0 Å². The minimum atomic E-state index is 0. The fourth-order valence-corrected chi connectivity index (χ4v) is 0. The van der Waals surface area contributed by atoms with Crippen molar-refractivity contribution in [2.24, 2.45) is 0 Å². The summed E-state index contributed by atoms with van der Waals surface area (Å²) in [6.07, 6.45) is 0. The van der Waals surface area contributed by atoms with Crippen LogP contribution in [0.15, 0.2) is 0 Å². The quantitative estimate of drug-likeness (QED) is 0.337. The molecular formula is C2H5NS. The van der Waals surface area contributed by atoms with E-state index in [2.05, 4.69) is 12.6 Å². The van der Waals surface area contributed by atoms with Crippen LogP contribution in [0.2, 0.25) is 0 Å². The summed E-state index contributed by atoms with van der Waals surface area (Å²) < 4.78 is 0. The Balaban J connectivity index is 0. The Hall–Kier alpha value is -0.160. The molecule has 0 saturated heterocycles. The number of thiocyanates is 1. The molecule has 0 rings (SSSR count). The first-order chi connectivity index (χ1) is 1.41. The molecule has 0 fully saturated rings. The maximum Gasteiger partial charge on any atom is 0.130 e. The number of hydrogen-bond acceptors (Lipinski definition) is 2. The lowest BCUT2D eigenvalue weighted by Crippen LogP contribution is -0.961. The van der Waals surface area contributed by atoms with Crippen LogP contribution >= 0.6 is 12.6 Å². The van der Waals surface area contributed by atoms with Crippen molar-refractivity contribution in [1.82, 2.24) is 0 Å². The SMILES string of the molecule is C.N#CS. The molecule has 1 nitrogen and oxygen atoms in total. The molecule has 0 atom stereocenters. The molecule has 0 spiro atoms. The molecule has 2 heteroatoms. The number of thiol groups is 1. The van der Waals surface area contributed by atoms with Crippen LogP contribution in [0.4, 0.5) is 0 Å². The Morgan fingerprint density at radius 3 is 1.75 bits per heavy atom. The van der Waals surface area contributed by atoms with Gasteiger partial charge in [0.2, 0.25) is 0 Å². The van der Waals surface area contributed by atoms with Crippen LogP contribution < -0.4 is 0 Å². The van der Waals surface area contributed by atoms with E-state index in [1.54, 1.807) is 0 Å². The second kappa shape index (κ2) is 13.6. The largest absolute Gasteiger partial charge is 0.185 e. The van der Waals surface area contributed by atoms with E-state index in [-0.39, 0.29) is 7.43 Å². The van der Waals surface area contributed by atoms with Crippen LogP contribution in [0.5, 0.6) is 0 Å². The zero-order chi connectivity index (χ0) is 2.71. The third-order valence-corrected chi connectivity index (χ3v) is 0. The monoisotopic (exact) mass is 75.0 g/mol. The summed E-state index contributed by atoms with van der Waals surface area (Å²) in [6.45, 7) is 0. The Morgan fingerprint density at radius 2 is 1.75 bits per heavy atom. The Kier molecular flexibility index (Phi) is 31.2. The average Bonchev–Trinajstić information content (AvgIpc) is 0.918. The van der Waals surface area contributed by atoms with Crippen LogP contribution in [0.3, 0.4) is 0 Å². The highest BCUT2D eigenvalue weighted by molar-refractivity contribution is 7.85. The lowest BCUT2D eigenvalue weighted by Gasteiger charge is -1.14. The van der Waals surface area contributed by atoms with E-state index in [0.717, 1.165) is 0 Å². The van der Waals surface area contributed by atoms with Crippen molar-refractivity contribution in [2.75, 3.05) is 0 Å². The van der Waals surface area contributed by atoms with Crippen molar-refractivity contribution in [2.45, 2.75) is 7.43 Å². The number of rotatable bonds is 0. The van der Waals surface area contributed by atoms with Crippen LogP contribution in [-0.2, 0) is 0 Å². The second-order valence-electron chi connectivity index (χ2n) is 0.100. The van der Waals surface area contributed by atoms with Gasteiger partial charge in [0.1, 0.15) is 5.40 Å². The van der Waals surface area contributed by atoms with Gasteiger partial charge in [-0.05, 0) is 0 Å². The molecule has 0 aliphatic heterocycles. The number of nitrogens with zero attached hydrogens (tertiary/aromatic N) is 1. The molecule has 0 N–H and O–H groups in total. The molecule has 0 aliphatic carbocycles. The van der Waals surface area contributed by atoms with Crippen molar-refractivity contribution in [3.8, 4) is 5.40 Å². The summed E-state index contributed by atoms with van der Waals surface area (Å²) in [4.78, 5) is 0. The minimum absolute atomic E-state index is 0. The Labute approximate surface area is 31.7 Å². The predicted molar refractivity (Wildman–Crippen MR) is 21.3 cm³/mol. The van der Waals surface area contributed by atoms with Crippen molar-refractivity contribution in [3.05, 3.63) is 0 Å². The highest BCUT2D eigenvalue weighted by atomic mass is 32.1. The van der Waals surface area contributed by atoms with Crippen LogP contribution in [0.25, 0.3) is 0 Å². The molecule has 4 heavy (non-hydrogen) atoms. The molecular weight excluding hydrogens is 70.1 g/mol. The van der Waals surface area contributed by atoms with E-state index in [4.69, 9.17) is 5.26 Å². The summed E-state index contributed by atoms with van der Waals surface area (Å²) >= 11 is 3.09.